The second-order valence-corrected chi connectivity index (χ2v) is 4.51. The van der Waals surface area contributed by atoms with Gasteiger partial charge in [0.1, 0.15) is 11.4 Å². The van der Waals surface area contributed by atoms with E-state index in [9.17, 15) is 5.11 Å². The molecule has 2 aromatic rings. The Morgan fingerprint density at radius 3 is 2.56 bits per heavy atom. The highest BCUT2D eigenvalue weighted by atomic mass is 16.6. The number of nitrogens with one attached hydrogen (secondary N) is 1. The molecule has 96 valence electrons. The summed E-state index contributed by atoms with van der Waals surface area (Å²) in [6, 6.07) is 9.82. The average Bonchev–Trinajstić information content (AvgIpc) is 2.83. The van der Waals surface area contributed by atoms with Gasteiger partial charge in [0, 0.05) is 6.54 Å². The largest absolute Gasteiger partial charge is 0.394 e. The lowest BCUT2D eigenvalue weighted by Crippen LogP contribution is -2.42. The summed E-state index contributed by atoms with van der Waals surface area (Å²) in [5.74, 6) is 0. The van der Waals surface area contributed by atoms with E-state index >= 15 is 0 Å². The highest BCUT2D eigenvalue weighted by Gasteiger charge is 2.25. The van der Waals surface area contributed by atoms with Crippen molar-refractivity contribution >= 4 is 0 Å². The average molecular weight is 247 g/mol. The molecule has 1 aromatic carbocycles. The normalized spacial score (nSPS) is 14.4. The topological polar surface area (TPSA) is 71.2 Å². The van der Waals surface area contributed by atoms with Gasteiger partial charge in [-0.2, -0.15) is 0 Å². The van der Waals surface area contributed by atoms with E-state index in [0.29, 0.717) is 6.54 Å². The van der Waals surface area contributed by atoms with Gasteiger partial charge in [0.25, 0.3) is 0 Å². The minimum Gasteiger partial charge on any atom is -0.394 e. The quantitative estimate of drug-likeness (QED) is 0.835. The lowest BCUT2D eigenvalue weighted by Gasteiger charge is -2.29. The Morgan fingerprint density at radius 2 is 2.00 bits per heavy atom. The molecular weight excluding hydrogens is 230 g/mol. The maximum absolute atomic E-state index is 9.61. The van der Waals surface area contributed by atoms with E-state index in [1.165, 1.54) is 0 Å². The Kier molecular flexibility index (Phi) is 3.74. The van der Waals surface area contributed by atoms with Crippen LogP contribution in [0.3, 0.4) is 0 Å². The second kappa shape index (κ2) is 5.29. The van der Waals surface area contributed by atoms with Crippen LogP contribution in [0.2, 0.25) is 0 Å². The molecular formula is C13H17N3O2. The van der Waals surface area contributed by atoms with Crippen LogP contribution in [0.5, 0.6) is 0 Å². The SMILES string of the molecule is Cc1nonc1CNC(C)(CO)c1ccccc1. The minimum atomic E-state index is -0.507. The molecule has 5 heteroatoms. The van der Waals surface area contributed by atoms with Gasteiger partial charge in [-0.1, -0.05) is 40.6 Å². The van der Waals surface area contributed by atoms with E-state index in [2.05, 4.69) is 20.3 Å². The van der Waals surface area contributed by atoms with Crippen LogP contribution in [-0.2, 0) is 12.1 Å². The van der Waals surface area contributed by atoms with Crippen LogP contribution in [0.4, 0.5) is 0 Å². The second-order valence-electron chi connectivity index (χ2n) is 4.51. The maximum Gasteiger partial charge on any atom is 0.121 e. The maximum atomic E-state index is 9.61. The summed E-state index contributed by atoms with van der Waals surface area (Å²) in [4.78, 5) is 0. The number of hydrogen-bond donors (Lipinski definition) is 2. The third-order valence-corrected chi connectivity index (χ3v) is 3.12. The zero-order valence-corrected chi connectivity index (χ0v) is 10.6. The van der Waals surface area contributed by atoms with Gasteiger partial charge in [-0.05, 0) is 19.4 Å². The fraction of sp³-hybridized carbons (Fsp3) is 0.385. The van der Waals surface area contributed by atoms with Crippen LogP contribution in [0, 0.1) is 6.92 Å². The standard InChI is InChI=1S/C13H17N3O2/c1-10-12(16-18-15-10)8-14-13(2,9-17)11-6-4-3-5-7-11/h3-7,14,17H,8-9H2,1-2H3. The van der Waals surface area contributed by atoms with E-state index in [1.807, 2.05) is 44.2 Å². The van der Waals surface area contributed by atoms with Gasteiger partial charge in [-0.25, -0.2) is 4.63 Å². The van der Waals surface area contributed by atoms with E-state index < -0.39 is 5.54 Å². The summed E-state index contributed by atoms with van der Waals surface area (Å²) >= 11 is 0. The van der Waals surface area contributed by atoms with E-state index in [0.717, 1.165) is 17.0 Å². The van der Waals surface area contributed by atoms with Gasteiger partial charge in [-0.3, -0.25) is 5.32 Å². The molecule has 0 fully saturated rings. The molecule has 2 N–H and O–H groups in total. The molecule has 0 bridgehead atoms. The molecule has 1 atom stereocenters. The molecule has 0 spiro atoms. The van der Waals surface area contributed by atoms with Crippen molar-refractivity contribution in [2.24, 2.45) is 0 Å². The summed E-state index contributed by atoms with van der Waals surface area (Å²) < 4.78 is 4.65. The number of aryl methyl sites for hydroxylation is 1. The molecule has 0 aliphatic rings. The number of rotatable bonds is 5. The van der Waals surface area contributed by atoms with E-state index in [-0.39, 0.29) is 6.61 Å². The van der Waals surface area contributed by atoms with E-state index in [1.54, 1.807) is 0 Å². The number of aromatic nitrogens is 2. The van der Waals surface area contributed by atoms with Crippen LogP contribution < -0.4 is 5.32 Å². The highest BCUT2D eigenvalue weighted by molar-refractivity contribution is 5.24. The summed E-state index contributed by atoms with van der Waals surface area (Å²) in [7, 11) is 0. The Labute approximate surface area is 106 Å². The van der Waals surface area contributed by atoms with Gasteiger partial charge >= 0.3 is 0 Å². The fourth-order valence-electron chi connectivity index (χ4n) is 1.74. The van der Waals surface area contributed by atoms with Crippen molar-refractivity contribution in [2.75, 3.05) is 6.61 Å². The Hall–Kier alpha value is -1.72. The summed E-state index contributed by atoms with van der Waals surface area (Å²) in [5, 5.41) is 20.5. The van der Waals surface area contributed by atoms with Crippen molar-refractivity contribution in [1.29, 1.82) is 0 Å². The van der Waals surface area contributed by atoms with Gasteiger partial charge in [-0.15, -0.1) is 0 Å². The first-order valence-corrected chi connectivity index (χ1v) is 5.85. The van der Waals surface area contributed by atoms with Gasteiger partial charge in [0.2, 0.25) is 0 Å². The summed E-state index contributed by atoms with van der Waals surface area (Å²) in [6.45, 7) is 4.29. The molecule has 1 aromatic heterocycles. The molecule has 0 aliphatic carbocycles. The molecule has 2 rings (SSSR count). The van der Waals surface area contributed by atoms with Crippen LogP contribution in [0.1, 0.15) is 23.9 Å². The smallest absolute Gasteiger partial charge is 0.121 e. The summed E-state index contributed by atoms with van der Waals surface area (Å²) in [5.41, 5.74) is 2.04. The van der Waals surface area contributed by atoms with Crippen molar-refractivity contribution < 1.29 is 9.74 Å². The Bertz CT molecular complexity index is 498. The van der Waals surface area contributed by atoms with E-state index in [4.69, 9.17) is 0 Å². The van der Waals surface area contributed by atoms with Gasteiger partial charge < -0.3 is 5.11 Å². The molecule has 0 radical (unpaired) electrons. The summed E-state index contributed by atoms with van der Waals surface area (Å²) in [6.07, 6.45) is 0. The first-order valence-electron chi connectivity index (χ1n) is 5.85. The third-order valence-electron chi connectivity index (χ3n) is 3.12. The molecule has 18 heavy (non-hydrogen) atoms. The van der Waals surface area contributed by atoms with Crippen LogP contribution >= 0.6 is 0 Å². The Morgan fingerprint density at radius 1 is 1.28 bits per heavy atom. The van der Waals surface area contributed by atoms with Crippen molar-refractivity contribution in [3.05, 3.63) is 47.3 Å². The number of aliphatic hydroxyl groups is 1. The zero-order valence-electron chi connectivity index (χ0n) is 10.6. The van der Waals surface area contributed by atoms with Gasteiger partial charge in [0.15, 0.2) is 0 Å². The van der Waals surface area contributed by atoms with Crippen molar-refractivity contribution in [1.82, 2.24) is 15.6 Å². The van der Waals surface area contributed by atoms with Gasteiger partial charge in [0.05, 0.1) is 12.1 Å². The zero-order chi connectivity index (χ0) is 13.0. The molecule has 0 saturated carbocycles. The number of hydrogen-bond acceptors (Lipinski definition) is 5. The lowest BCUT2D eigenvalue weighted by molar-refractivity contribution is 0.172. The lowest BCUT2D eigenvalue weighted by atomic mass is 9.93. The molecule has 0 amide bonds. The first-order chi connectivity index (χ1) is 8.65. The predicted octanol–water partition coefficient (Wildman–Crippen LogP) is 1.38. The van der Waals surface area contributed by atoms with Crippen LogP contribution in [0.15, 0.2) is 35.0 Å². The molecule has 1 unspecified atom stereocenters. The van der Waals surface area contributed by atoms with Crippen molar-refractivity contribution in [3.63, 3.8) is 0 Å². The monoisotopic (exact) mass is 247 g/mol. The Balaban J connectivity index is 2.12. The number of nitrogens with zero attached hydrogens (tertiary/aromatic N) is 2. The third kappa shape index (κ3) is 2.57. The first kappa shape index (κ1) is 12.7. The fourth-order valence-corrected chi connectivity index (χ4v) is 1.74. The van der Waals surface area contributed by atoms with Crippen LogP contribution in [-0.4, -0.2) is 22.0 Å². The molecule has 1 heterocycles. The van der Waals surface area contributed by atoms with Crippen molar-refractivity contribution in [2.45, 2.75) is 25.9 Å². The molecule has 0 saturated heterocycles. The van der Waals surface area contributed by atoms with Crippen LogP contribution in [0.25, 0.3) is 0 Å². The molecule has 0 aliphatic heterocycles. The minimum absolute atomic E-state index is 0.00133. The number of aliphatic hydroxyl groups excluding tert-OH is 1. The van der Waals surface area contributed by atoms with Crippen molar-refractivity contribution in [3.8, 4) is 0 Å². The highest BCUT2D eigenvalue weighted by Crippen LogP contribution is 2.20. The molecule has 5 nitrogen and oxygen atoms in total. The predicted molar refractivity (Wildman–Crippen MR) is 66.8 cm³/mol. The number of benzene rings is 1.